The maximum atomic E-state index is 11.3. The number of nitrogens with one attached hydrogen (secondary N) is 1. The van der Waals surface area contributed by atoms with Crippen LogP contribution in [0.2, 0.25) is 0 Å². The van der Waals surface area contributed by atoms with Gasteiger partial charge in [-0.05, 0) is 37.8 Å². The van der Waals surface area contributed by atoms with Crippen LogP contribution in [0.1, 0.15) is 38.7 Å². The molecule has 0 atom stereocenters. The molecule has 0 spiro atoms. The first-order chi connectivity index (χ1) is 8.64. The van der Waals surface area contributed by atoms with Crippen molar-refractivity contribution in [1.82, 2.24) is 5.32 Å². The highest BCUT2D eigenvalue weighted by atomic mass is 16.4. The van der Waals surface area contributed by atoms with Crippen LogP contribution in [0.3, 0.4) is 0 Å². The summed E-state index contributed by atoms with van der Waals surface area (Å²) in [6, 6.07) is 10.3. The third kappa shape index (κ3) is 3.84. The van der Waals surface area contributed by atoms with Crippen LogP contribution in [-0.4, -0.2) is 23.2 Å². The first-order valence-electron chi connectivity index (χ1n) is 6.67. The van der Waals surface area contributed by atoms with Crippen molar-refractivity contribution in [2.24, 2.45) is 0 Å². The minimum absolute atomic E-state index is 0.615. The van der Waals surface area contributed by atoms with E-state index in [1.165, 1.54) is 5.56 Å². The van der Waals surface area contributed by atoms with Gasteiger partial charge in [0.05, 0.1) is 0 Å². The molecular formula is C15H23NO2. The molecular weight excluding hydrogens is 226 g/mol. The van der Waals surface area contributed by atoms with Crippen LogP contribution in [0.4, 0.5) is 0 Å². The molecule has 100 valence electrons. The SMILES string of the molecule is CCC(CC)(NCCCc1ccccc1)C(=O)O. The number of carbonyl (C=O) groups is 1. The van der Waals surface area contributed by atoms with Crippen LogP contribution >= 0.6 is 0 Å². The molecule has 0 saturated carbocycles. The third-order valence-corrected chi connectivity index (χ3v) is 3.56. The fourth-order valence-electron chi connectivity index (χ4n) is 2.14. The van der Waals surface area contributed by atoms with E-state index >= 15 is 0 Å². The molecule has 3 nitrogen and oxygen atoms in total. The highest BCUT2D eigenvalue weighted by Crippen LogP contribution is 2.15. The quantitative estimate of drug-likeness (QED) is 0.696. The Morgan fingerprint density at radius 2 is 1.83 bits per heavy atom. The number of hydrogen-bond donors (Lipinski definition) is 2. The summed E-state index contributed by atoms with van der Waals surface area (Å²) in [6.45, 7) is 4.58. The molecule has 0 aromatic heterocycles. The summed E-state index contributed by atoms with van der Waals surface area (Å²) >= 11 is 0. The lowest BCUT2D eigenvalue weighted by Gasteiger charge is -2.28. The molecule has 0 heterocycles. The monoisotopic (exact) mass is 249 g/mol. The van der Waals surface area contributed by atoms with Gasteiger partial charge in [0.15, 0.2) is 0 Å². The molecule has 3 heteroatoms. The van der Waals surface area contributed by atoms with Gasteiger partial charge in [-0.15, -0.1) is 0 Å². The molecule has 0 aliphatic carbocycles. The Hall–Kier alpha value is -1.35. The first kappa shape index (κ1) is 14.7. The van der Waals surface area contributed by atoms with E-state index in [9.17, 15) is 9.90 Å². The summed E-state index contributed by atoms with van der Waals surface area (Å²) in [5.41, 5.74) is 0.546. The smallest absolute Gasteiger partial charge is 0.323 e. The molecule has 18 heavy (non-hydrogen) atoms. The Kier molecular flexibility index (Phi) is 5.86. The summed E-state index contributed by atoms with van der Waals surface area (Å²) in [5.74, 6) is -0.743. The van der Waals surface area contributed by atoms with Crippen molar-refractivity contribution < 1.29 is 9.90 Å². The van der Waals surface area contributed by atoms with Gasteiger partial charge < -0.3 is 10.4 Å². The molecule has 0 aliphatic heterocycles. The Morgan fingerprint density at radius 3 is 2.33 bits per heavy atom. The Balaban J connectivity index is 2.38. The van der Waals surface area contributed by atoms with Crippen molar-refractivity contribution in [2.45, 2.75) is 45.1 Å². The van der Waals surface area contributed by atoms with Crippen LogP contribution < -0.4 is 5.32 Å². The lowest BCUT2D eigenvalue weighted by molar-refractivity contribution is -0.145. The Bertz CT molecular complexity index is 358. The minimum Gasteiger partial charge on any atom is -0.480 e. The zero-order valence-electron chi connectivity index (χ0n) is 11.3. The molecule has 1 aromatic carbocycles. The number of benzene rings is 1. The standard InChI is InChI=1S/C15H23NO2/c1-3-15(4-2,14(17)18)16-12-8-11-13-9-6-5-7-10-13/h5-7,9-10,16H,3-4,8,11-12H2,1-2H3,(H,17,18). The van der Waals surface area contributed by atoms with Crippen molar-refractivity contribution in [3.63, 3.8) is 0 Å². The number of aliphatic carboxylic acids is 1. The molecule has 0 unspecified atom stereocenters. The van der Waals surface area contributed by atoms with E-state index in [4.69, 9.17) is 0 Å². The molecule has 0 bridgehead atoms. The zero-order valence-corrected chi connectivity index (χ0v) is 11.3. The van der Waals surface area contributed by atoms with Crippen molar-refractivity contribution in [3.8, 4) is 0 Å². The second-order valence-electron chi connectivity index (χ2n) is 4.61. The number of carboxylic acids is 1. The van der Waals surface area contributed by atoms with Crippen LogP contribution in [0.15, 0.2) is 30.3 Å². The molecule has 0 radical (unpaired) electrons. The molecule has 2 N–H and O–H groups in total. The van der Waals surface area contributed by atoms with Gasteiger partial charge in [-0.3, -0.25) is 4.79 Å². The van der Waals surface area contributed by atoms with Gasteiger partial charge in [-0.2, -0.15) is 0 Å². The third-order valence-electron chi connectivity index (χ3n) is 3.56. The van der Waals surface area contributed by atoms with Crippen LogP contribution in [0.25, 0.3) is 0 Å². The summed E-state index contributed by atoms with van der Waals surface area (Å²) in [7, 11) is 0. The van der Waals surface area contributed by atoms with Crippen molar-refractivity contribution in [1.29, 1.82) is 0 Å². The predicted octanol–water partition coefficient (Wildman–Crippen LogP) is 2.85. The van der Waals surface area contributed by atoms with Gasteiger partial charge in [0.1, 0.15) is 5.54 Å². The van der Waals surface area contributed by atoms with Gasteiger partial charge in [-0.25, -0.2) is 0 Å². The van der Waals surface area contributed by atoms with Crippen LogP contribution in [0, 0.1) is 0 Å². The summed E-state index contributed by atoms with van der Waals surface area (Å²) in [5, 5.41) is 12.5. The van der Waals surface area contributed by atoms with E-state index in [-0.39, 0.29) is 0 Å². The Morgan fingerprint density at radius 1 is 1.22 bits per heavy atom. The first-order valence-corrected chi connectivity index (χ1v) is 6.67. The highest BCUT2D eigenvalue weighted by molar-refractivity contribution is 5.78. The molecule has 0 aliphatic rings. The van der Waals surface area contributed by atoms with Crippen molar-refractivity contribution >= 4 is 5.97 Å². The maximum Gasteiger partial charge on any atom is 0.323 e. The van der Waals surface area contributed by atoms with E-state index < -0.39 is 11.5 Å². The van der Waals surface area contributed by atoms with Gasteiger partial charge in [0.25, 0.3) is 0 Å². The summed E-state index contributed by atoms with van der Waals surface area (Å²) < 4.78 is 0. The predicted molar refractivity (Wildman–Crippen MR) is 73.7 cm³/mol. The number of carboxylic acid groups (broad SMARTS) is 1. The second-order valence-corrected chi connectivity index (χ2v) is 4.61. The van der Waals surface area contributed by atoms with Crippen LogP contribution in [-0.2, 0) is 11.2 Å². The topological polar surface area (TPSA) is 49.3 Å². The average Bonchev–Trinajstić information content (AvgIpc) is 2.40. The zero-order chi connectivity index (χ0) is 13.4. The highest BCUT2D eigenvalue weighted by Gasteiger charge is 2.33. The normalized spacial score (nSPS) is 11.4. The Labute approximate surface area is 109 Å². The van der Waals surface area contributed by atoms with E-state index in [1.54, 1.807) is 0 Å². The molecule has 1 aromatic rings. The van der Waals surface area contributed by atoms with Gasteiger partial charge in [0.2, 0.25) is 0 Å². The van der Waals surface area contributed by atoms with Crippen molar-refractivity contribution in [3.05, 3.63) is 35.9 Å². The number of hydrogen-bond acceptors (Lipinski definition) is 2. The molecule has 1 rings (SSSR count). The fraction of sp³-hybridized carbons (Fsp3) is 0.533. The largest absolute Gasteiger partial charge is 0.480 e. The molecule has 0 fully saturated rings. The number of aryl methyl sites for hydroxylation is 1. The van der Waals surface area contributed by atoms with Gasteiger partial charge in [-0.1, -0.05) is 44.2 Å². The second kappa shape index (κ2) is 7.17. The van der Waals surface area contributed by atoms with E-state index in [0.717, 1.165) is 19.4 Å². The van der Waals surface area contributed by atoms with Gasteiger partial charge in [0, 0.05) is 0 Å². The summed E-state index contributed by atoms with van der Waals surface area (Å²) in [4.78, 5) is 11.3. The van der Waals surface area contributed by atoms with Crippen molar-refractivity contribution in [2.75, 3.05) is 6.54 Å². The fourth-order valence-corrected chi connectivity index (χ4v) is 2.14. The average molecular weight is 249 g/mol. The summed E-state index contributed by atoms with van der Waals surface area (Å²) in [6.07, 6.45) is 3.17. The van der Waals surface area contributed by atoms with Crippen LogP contribution in [0.5, 0.6) is 0 Å². The maximum absolute atomic E-state index is 11.3. The van der Waals surface area contributed by atoms with E-state index in [0.29, 0.717) is 12.8 Å². The minimum atomic E-state index is -0.753. The van der Waals surface area contributed by atoms with E-state index in [1.807, 2.05) is 32.0 Å². The van der Waals surface area contributed by atoms with E-state index in [2.05, 4.69) is 17.4 Å². The molecule has 0 amide bonds. The molecule has 0 saturated heterocycles. The lowest BCUT2D eigenvalue weighted by Crippen LogP contribution is -2.51. The van der Waals surface area contributed by atoms with Gasteiger partial charge >= 0.3 is 5.97 Å². The lowest BCUT2D eigenvalue weighted by atomic mass is 9.92. The number of rotatable bonds is 8.